The molecule has 0 aromatic carbocycles. The van der Waals surface area contributed by atoms with Crippen LogP contribution in [0.2, 0.25) is 0 Å². The second-order valence-corrected chi connectivity index (χ2v) is 3.62. The molecule has 2 unspecified atom stereocenters. The van der Waals surface area contributed by atoms with E-state index in [0.29, 0.717) is 0 Å². The summed E-state index contributed by atoms with van der Waals surface area (Å²) in [6, 6.07) is 0. The number of hydrogen-bond donors (Lipinski definition) is 1. The summed E-state index contributed by atoms with van der Waals surface area (Å²) in [7, 11) is 0. The van der Waals surface area contributed by atoms with Crippen LogP contribution in [0.5, 0.6) is 0 Å². The Morgan fingerprint density at radius 2 is 2.00 bits per heavy atom. The SMILES string of the molecule is CCCCC(C)(CC)OC(C)O. The topological polar surface area (TPSA) is 29.5 Å². The molecule has 74 valence electrons. The van der Waals surface area contributed by atoms with E-state index >= 15 is 0 Å². The number of aliphatic hydroxyl groups excluding tert-OH is 1. The van der Waals surface area contributed by atoms with Gasteiger partial charge in [0.2, 0.25) is 0 Å². The second kappa shape index (κ2) is 5.55. The minimum absolute atomic E-state index is 0.135. The zero-order valence-corrected chi connectivity index (χ0v) is 8.76. The lowest BCUT2D eigenvalue weighted by atomic mass is 9.96. The fraction of sp³-hybridized carbons (Fsp3) is 1.00. The summed E-state index contributed by atoms with van der Waals surface area (Å²) in [6.45, 7) is 7.99. The zero-order valence-electron chi connectivity index (χ0n) is 8.76. The zero-order chi connectivity index (χ0) is 9.61. The van der Waals surface area contributed by atoms with E-state index in [9.17, 15) is 0 Å². The van der Waals surface area contributed by atoms with Crippen molar-refractivity contribution in [1.29, 1.82) is 0 Å². The summed E-state index contributed by atoms with van der Waals surface area (Å²) in [6.07, 6.45) is 3.69. The minimum Gasteiger partial charge on any atom is -0.368 e. The largest absolute Gasteiger partial charge is 0.368 e. The molecule has 1 N–H and O–H groups in total. The highest BCUT2D eigenvalue weighted by Gasteiger charge is 2.23. The van der Waals surface area contributed by atoms with Crippen molar-refractivity contribution in [1.82, 2.24) is 0 Å². The standard InChI is InChI=1S/C10H22O2/c1-5-7-8-10(4,6-2)12-9(3)11/h9,11H,5-8H2,1-4H3. The fourth-order valence-electron chi connectivity index (χ4n) is 1.28. The first-order valence-electron chi connectivity index (χ1n) is 4.90. The Bertz CT molecular complexity index is 112. The molecule has 0 saturated heterocycles. The smallest absolute Gasteiger partial charge is 0.152 e. The van der Waals surface area contributed by atoms with E-state index in [-0.39, 0.29) is 5.60 Å². The Balaban J connectivity index is 3.86. The molecule has 0 spiro atoms. The first-order valence-corrected chi connectivity index (χ1v) is 4.90. The molecule has 0 aliphatic rings. The summed E-state index contributed by atoms with van der Waals surface area (Å²) in [5.41, 5.74) is -0.135. The molecule has 0 bridgehead atoms. The van der Waals surface area contributed by atoms with Gasteiger partial charge in [0.15, 0.2) is 6.29 Å². The Kier molecular flexibility index (Phi) is 5.51. The van der Waals surface area contributed by atoms with Crippen molar-refractivity contribution in [2.24, 2.45) is 0 Å². The minimum atomic E-state index is -0.646. The van der Waals surface area contributed by atoms with Gasteiger partial charge >= 0.3 is 0 Å². The molecule has 0 amide bonds. The van der Waals surface area contributed by atoms with Gasteiger partial charge in [0, 0.05) is 0 Å². The molecule has 12 heavy (non-hydrogen) atoms. The molecule has 0 fully saturated rings. The summed E-state index contributed by atoms with van der Waals surface area (Å²) in [4.78, 5) is 0. The van der Waals surface area contributed by atoms with E-state index in [0.717, 1.165) is 19.3 Å². The molecule has 0 aromatic heterocycles. The van der Waals surface area contributed by atoms with Crippen LogP contribution in [-0.2, 0) is 4.74 Å². The molecule has 0 heterocycles. The van der Waals surface area contributed by atoms with Crippen molar-refractivity contribution in [2.45, 2.75) is 65.3 Å². The van der Waals surface area contributed by atoms with Crippen molar-refractivity contribution < 1.29 is 9.84 Å². The third-order valence-electron chi connectivity index (χ3n) is 2.26. The van der Waals surface area contributed by atoms with E-state index in [1.165, 1.54) is 6.42 Å². The average Bonchev–Trinajstić information content (AvgIpc) is 2.00. The normalized spacial score (nSPS) is 18.8. The molecule has 0 aliphatic heterocycles. The van der Waals surface area contributed by atoms with Gasteiger partial charge in [-0.3, -0.25) is 0 Å². The highest BCUT2D eigenvalue weighted by Crippen LogP contribution is 2.23. The van der Waals surface area contributed by atoms with Crippen LogP contribution in [0.15, 0.2) is 0 Å². The Hall–Kier alpha value is -0.0800. The van der Waals surface area contributed by atoms with Crippen LogP contribution in [-0.4, -0.2) is 17.0 Å². The first-order chi connectivity index (χ1) is 5.54. The maximum atomic E-state index is 9.10. The Labute approximate surface area is 75.9 Å². The van der Waals surface area contributed by atoms with Crippen LogP contribution in [0.4, 0.5) is 0 Å². The predicted octanol–water partition coefficient (Wildman–Crippen LogP) is 2.70. The maximum absolute atomic E-state index is 9.10. The van der Waals surface area contributed by atoms with Crippen LogP contribution in [0.25, 0.3) is 0 Å². The van der Waals surface area contributed by atoms with Gasteiger partial charge in [-0.1, -0.05) is 26.7 Å². The van der Waals surface area contributed by atoms with Gasteiger partial charge in [0.1, 0.15) is 0 Å². The summed E-state index contributed by atoms with van der Waals surface area (Å²) in [5.74, 6) is 0. The van der Waals surface area contributed by atoms with E-state index in [4.69, 9.17) is 9.84 Å². The Morgan fingerprint density at radius 3 is 2.33 bits per heavy atom. The van der Waals surface area contributed by atoms with E-state index < -0.39 is 6.29 Å². The van der Waals surface area contributed by atoms with E-state index in [1.807, 2.05) is 0 Å². The molecule has 2 heteroatoms. The molecule has 0 radical (unpaired) electrons. The van der Waals surface area contributed by atoms with Gasteiger partial charge in [0.05, 0.1) is 5.60 Å². The van der Waals surface area contributed by atoms with E-state index in [2.05, 4.69) is 20.8 Å². The second-order valence-electron chi connectivity index (χ2n) is 3.62. The van der Waals surface area contributed by atoms with Gasteiger partial charge in [-0.25, -0.2) is 0 Å². The van der Waals surface area contributed by atoms with Crippen LogP contribution >= 0.6 is 0 Å². The fourth-order valence-corrected chi connectivity index (χ4v) is 1.28. The Morgan fingerprint density at radius 1 is 1.42 bits per heavy atom. The van der Waals surface area contributed by atoms with Crippen LogP contribution < -0.4 is 0 Å². The molecule has 0 aromatic rings. The quantitative estimate of drug-likeness (QED) is 0.627. The average molecular weight is 174 g/mol. The highest BCUT2D eigenvalue weighted by atomic mass is 16.6. The number of unbranched alkanes of at least 4 members (excludes halogenated alkanes) is 1. The monoisotopic (exact) mass is 174 g/mol. The number of hydrogen-bond acceptors (Lipinski definition) is 2. The van der Waals surface area contributed by atoms with Crippen LogP contribution in [0, 0.1) is 0 Å². The molecule has 2 nitrogen and oxygen atoms in total. The molecule has 2 atom stereocenters. The summed E-state index contributed by atoms with van der Waals surface area (Å²) >= 11 is 0. The van der Waals surface area contributed by atoms with Gasteiger partial charge in [-0.15, -0.1) is 0 Å². The van der Waals surface area contributed by atoms with Crippen molar-refractivity contribution in [3.05, 3.63) is 0 Å². The molecule has 0 aliphatic carbocycles. The van der Waals surface area contributed by atoms with Crippen molar-refractivity contribution in [3.8, 4) is 0 Å². The van der Waals surface area contributed by atoms with Crippen molar-refractivity contribution in [3.63, 3.8) is 0 Å². The third kappa shape index (κ3) is 4.73. The van der Waals surface area contributed by atoms with Crippen LogP contribution in [0.3, 0.4) is 0 Å². The predicted molar refractivity (Wildman–Crippen MR) is 51.0 cm³/mol. The molecule has 0 saturated carbocycles. The summed E-state index contributed by atoms with van der Waals surface area (Å²) in [5, 5.41) is 9.10. The van der Waals surface area contributed by atoms with Gasteiger partial charge in [0.25, 0.3) is 0 Å². The lowest BCUT2D eigenvalue weighted by Gasteiger charge is -2.30. The van der Waals surface area contributed by atoms with Gasteiger partial charge in [-0.05, 0) is 26.7 Å². The number of aliphatic hydroxyl groups is 1. The molecular weight excluding hydrogens is 152 g/mol. The van der Waals surface area contributed by atoms with Crippen molar-refractivity contribution >= 4 is 0 Å². The first kappa shape index (κ1) is 11.9. The van der Waals surface area contributed by atoms with E-state index in [1.54, 1.807) is 6.92 Å². The molecule has 0 rings (SSSR count). The highest BCUT2D eigenvalue weighted by molar-refractivity contribution is 4.72. The van der Waals surface area contributed by atoms with Crippen molar-refractivity contribution in [2.75, 3.05) is 0 Å². The third-order valence-corrected chi connectivity index (χ3v) is 2.26. The number of ether oxygens (including phenoxy) is 1. The summed E-state index contributed by atoms with van der Waals surface area (Å²) < 4.78 is 5.44. The van der Waals surface area contributed by atoms with Gasteiger partial charge < -0.3 is 9.84 Å². The van der Waals surface area contributed by atoms with Gasteiger partial charge in [-0.2, -0.15) is 0 Å². The van der Waals surface area contributed by atoms with Crippen LogP contribution in [0.1, 0.15) is 53.4 Å². The lowest BCUT2D eigenvalue weighted by molar-refractivity contribution is -0.173. The lowest BCUT2D eigenvalue weighted by Crippen LogP contribution is -2.31. The molecular formula is C10H22O2. The number of rotatable bonds is 6. The maximum Gasteiger partial charge on any atom is 0.152 e.